The number of carbonyl (C=O) groups is 4. The van der Waals surface area contributed by atoms with E-state index in [0.29, 0.717) is 34.3 Å². The standard InChI is InChI=1S/C40H47ClN8O6/c1-39(2)37(40(3,4)38(39)55-27-9-7-25(22-42)29(41)21-27)47-34(51)26-8-13-32(44-23-26)49-18-16-48(17-19-49)15-5-6-20-54-28-10-11-30(43-24-28)35(52)45-31-12-14-33(50)46-36(31)53/h7-11,13,21,23-24,31,37-38H,5-6,12,14-20H2,1-4H3,(H,45,52)(H,47,51)(H,46,50,53). The molecule has 1 saturated carbocycles. The molecule has 55 heavy (non-hydrogen) atoms. The van der Waals surface area contributed by atoms with Crippen LogP contribution in [-0.2, 0) is 9.59 Å². The topological polar surface area (TPSA) is 179 Å². The number of imide groups is 1. The van der Waals surface area contributed by atoms with Crippen molar-refractivity contribution in [3.8, 4) is 17.6 Å². The van der Waals surface area contributed by atoms with Crippen LogP contribution in [0.5, 0.6) is 11.5 Å². The van der Waals surface area contributed by atoms with Crippen LogP contribution in [0.4, 0.5) is 5.82 Å². The molecule has 4 amide bonds. The van der Waals surface area contributed by atoms with Gasteiger partial charge in [-0.3, -0.25) is 29.4 Å². The molecule has 290 valence electrons. The Balaban J connectivity index is 0.884. The number of benzene rings is 1. The van der Waals surface area contributed by atoms with Gasteiger partial charge in [-0.25, -0.2) is 9.97 Å². The normalized spacial score (nSPS) is 21.7. The van der Waals surface area contributed by atoms with Gasteiger partial charge in [0.05, 0.1) is 29.0 Å². The third-order valence-electron chi connectivity index (χ3n) is 10.8. The molecule has 1 aromatic carbocycles. The molecule has 0 spiro atoms. The number of nitriles is 1. The van der Waals surface area contributed by atoms with Gasteiger partial charge >= 0.3 is 0 Å². The molecule has 6 rings (SSSR count). The minimum Gasteiger partial charge on any atom is -0.492 e. The predicted octanol–water partition coefficient (Wildman–Crippen LogP) is 4.13. The molecule has 0 bridgehead atoms. The van der Waals surface area contributed by atoms with Crippen LogP contribution in [0.25, 0.3) is 0 Å². The van der Waals surface area contributed by atoms with E-state index in [9.17, 15) is 24.4 Å². The van der Waals surface area contributed by atoms with E-state index < -0.39 is 17.9 Å². The van der Waals surface area contributed by atoms with E-state index >= 15 is 0 Å². The minimum absolute atomic E-state index is 0.149. The van der Waals surface area contributed by atoms with Crippen molar-refractivity contribution in [2.75, 3.05) is 44.2 Å². The van der Waals surface area contributed by atoms with Gasteiger partial charge in [-0.15, -0.1) is 0 Å². The van der Waals surface area contributed by atoms with Crippen molar-refractivity contribution in [3.05, 3.63) is 76.7 Å². The van der Waals surface area contributed by atoms with Gasteiger partial charge in [0.2, 0.25) is 11.8 Å². The second-order valence-corrected chi connectivity index (χ2v) is 15.9. The zero-order chi connectivity index (χ0) is 39.3. The maximum absolute atomic E-state index is 13.4. The van der Waals surface area contributed by atoms with Crippen LogP contribution in [0.3, 0.4) is 0 Å². The van der Waals surface area contributed by atoms with Crippen LogP contribution >= 0.6 is 11.6 Å². The first-order chi connectivity index (χ1) is 26.3. The maximum atomic E-state index is 13.4. The lowest BCUT2D eigenvalue weighted by atomic mass is 9.49. The molecule has 2 aliphatic heterocycles. The second kappa shape index (κ2) is 16.6. The summed E-state index contributed by atoms with van der Waals surface area (Å²) >= 11 is 6.23. The van der Waals surface area contributed by atoms with Gasteiger partial charge in [0.15, 0.2) is 0 Å². The number of pyridine rings is 2. The van der Waals surface area contributed by atoms with Crippen LogP contribution in [0.15, 0.2) is 54.9 Å². The summed E-state index contributed by atoms with van der Waals surface area (Å²) in [5.41, 5.74) is 0.326. The van der Waals surface area contributed by atoms with Crippen LogP contribution in [-0.4, -0.2) is 96.0 Å². The van der Waals surface area contributed by atoms with E-state index in [1.54, 1.807) is 36.5 Å². The Morgan fingerprint density at radius 2 is 1.69 bits per heavy atom. The number of nitrogens with zero attached hydrogens (tertiary/aromatic N) is 5. The van der Waals surface area contributed by atoms with E-state index in [1.165, 1.54) is 6.20 Å². The van der Waals surface area contributed by atoms with Crippen molar-refractivity contribution < 1.29 is 28.7 Å². The first-order valence-electron chi connectivity index (χ1n) is 18.6. The summed E-state index contributed by atoms with van der Waals surface area (Å²) in [6.07, 6.45) is 5.21. The first-order valence-corrected chi connectivity index (χ1v) is 19.0. The third kappa shape index (κ3) is 9.01. The van der Waals surface area contributed by atoms with E-state index in [4.69, 9.17) is 21.1 Å². The number of hydrogen-bond acceptors (Lipinski definition) is 11. The monoisotopic (exact) mass is 770 g/mol. The molecule has 4 heterocycles. The molecule has 15 heteroatoms. The number of amides is 4. The van der Waals surface area contributed by atoms with Crippen molar-refractivity contribution in [1.29, 1.82) is 5.26 Å². The fourth-order valence-electron chi connectivity index (χ4n) is 8.01. The van der Waals surface area contributed by atoms with Crippen LogP contribution in [0.2, 0.25) is 5.02 Å². The van der Waals surface area contributed by atoms with Gasteiger partial charge in [0, 0.05) is 61.7 Å². The Morgan fingerprint density at radius 1 is 0.945 bits per heavy atom. The van der Waals surface area contributed by atoms with E-state index in [0.717, 1.165) is 51.4 Å². The molecule has 14 nitrogen and oxygen atoms in total. The molecule has 1 atom stereocenters. The van der Waals surface area contributed by atoms with Gasteiger partial charge in [0.1, 0.15) is 41.2 Å². The maximum Gasteiger partial charge on any atom is 0.270 e. The van der Waals surface area contributed by atoms with E-state index in [1.807, 2.05) is 12.1 Å². The highest BCUT2D eigenvalue weighted by Gasteiger charge is 2.64. The number of nitrogens with one attached hydrogen (secondary N) is 3. The van der Waals surface area contributed by atoms with Crippen molar-refractivity contribution in [3.63, 3.8) is 0 Å². The summed E-state index contributed by atoms with van der Waals surface area (Å²) in [7, 11) is 0. The molecule has 1 aliphatic carbocycles. The number of rotatable bonds is 13. The highest BCUT2D eigenvalue weighted by atomic mass is 35.5. The SMILES string of the molecule is CC1(C)C(NC(=O)c2ccc(N3CCN(CCCCOc4ccc(C(=O)NC5CCC(=O)NC5=O)nc4)CC3)nc2)C(C)(C)C1Oc1ccc(C#N)c(Cl)c1. The van der Waals surface area contributed by atoms with Crippen molar-refractivity contribution in [2.24, 2.45) is 10.8 Å². The fraction of sp³-hybridized carbons (Fsp3) is 0.475. The number of carbonyl (C=O) groups excluding carboxylic acids is 4. The summed E-state index contributed by atoms with van der Waals surface area (Å²) in [6, 6.07) is 13.2. The number of ether oxygens (including phenoxy) is 2. The highest BCUT2D eigenvalue weighted by Crippen LogP contribution is 2.55. The number of piperazine rings is 1. The van der Waals surface area contributed by atoms with Gasteiger partial charge in [-0.1, -0.05) is 39.3 Å². The van der Waals surface area contributed by atoms with Gasteiger partial charge in [-0.05, 0) is 62.2 Å². The third-order valence-corrected chi connectivity index (χ3v) is 11.1. The molecule has 3 aromatic rings. The summed E-state index contributed by atoms with van der Waals surface area (Å²) < 4.78 is 12.2. The predicted molar refractivity (Wildman–Crippen MR) is 205 cm³/mol. The van der Waals surface area contributed by atoms with Crippen molar-refractivity contribution in [1.82, 2.24) is 30.8 Å². The van der Waals surface area contributed by atoms with Crippen LogP contribution in [0.1, 0.15) is 79.8 Å². The fourth-order valence-corrected chi connectivity index (χ4v) is 8.22. The molecule has 2 saturated heterocycles. The number of hydrogen-bond donors (Lipinski definition) is 3. The lowest BCUT2D eigenvalue weighted by Crippen LogP contribution is -2.74. The summed E-state index contributed by atoms with van der Waals surface area (Å²) in [6.45, 7) is 13.2. The molecule has 1 unspecified atom stereocenters. The lowest BCUT2D eigenvalue weighted by Gasteiger charge is -2.63. The van der Waals surface area contributed by atoms with E-state index in [2.05, 4.69) is 69.5 Å². The zero-order valence-electron chi connectivity index (χ0n) is 31.6. The Kier molecular flexibility index (Phi) is 11.9. The van der Waals surface area contributed by atoms with Gasteiger partial charge < -0.3 is 25.0 Å². The van der Waals surface area contributed by atoms with E-state index in [-0.39, 0.29) is 53.3 Å². The smallest absolute Gasteiger partial charge is 0.270 e. The van der Waals surface area contributed by atoms with Crippen molar-refractivity contribution >= 4 is 41.0 Å². The lowest BCUT2D eigenvalue weighted by molar-refractivity contribution is -0.164. The Hall–Kier alpha value is -5.26. The first kappa shape index (κ1) is 39.4. The second-order valence-electron chi connectivity index (χ2n) is 15.4. The molecule has 2 aromatic heterocycles. The molecule has 0 radical (unpaired) electrons. The van der Waals surface area contributed by atoms with Crippen LogP contribution < -0.4 is 30.3 Å². The molecule has 3 fully saturated rings. The average molecular weight is 771 g/mol. The zero-order valence-corrected chi connectivity index (χ0v) is 32.3. The van der Waals surface area contributed by atoms with Crippen molar-refractivity contribution in [2.45, 2.75) is 71.6 Å². The minimum atomic E-state index is -0.755. The average Bonchev–Trinajstić information content (AvgIpc) is 3.17. The largest absolute Gasteiger partial charge is 0.492 e. The number of halogens is 1. The molecule has 3 N–H and O–H groups in total. The van der Waals surface area contributed by atoms with Gasteiger partial charge in [0.25, 0.3) is 11.8 Å². The molecule has 3 aliphatic rings. The summed E-state index contributed by atoms with van der Waals surface area (Å²) in [5, 5.41) is 17.6. The highest BCUT2D eigenvalue weighted by molar-refractivity contribution is 6.31. The number of piperidine rings is 1. The number of anilines is 1. The number of aromatic nitrogens is 2. The van der Waals surface area contributed by atoms with Crippen LogP contribution in [0, 0.1) is 22.2 Å². The Labute approximate surface area is 325 Å². The Morgan fingerprint density at radius 3 is 2.33 bits per heavy atom. The summed E-state index contributed by atoms with van der Waals surface area (Å²) in [5.74, 6) is 0.482. The summed E-state index contributed by atoms with van der Waals surface area (Å²) in [4.78, 5) is 62.5. The molecular formula is C40H47ClN8O6. The van der Waals surface area contributed by atoms with Gasteiger partial charge in [-0.2, -0.15) is 5.26 Å². The number of unbranched alkanes of at least 4 members (excludes halogenated alkanes) is 1. The molecular weight excluding hydrogens is 724 g/mol. The quantitative estimate of drug-likeness (QED) is 0.168. The Bertz CT molecular complexity index is 1920.